The lowest BCUT2D eigenvalue weighted by Crippen LogP contribution is -2.38. The van der Waals surface area contributed by atoms with Crippen molar-refractivity contribution >= 4 is 54.7 Å². The third-order valence-electron chi connectivity index (χ3n) is 3.66. The second-order valence-corrected chi connectivity index (χ2v) is 9.22. The number of aromatic nitrogens is 1. The van der Waals surface area contributed by atoms with Crippen LogP contribution >= 0.6 is 22.7 Å². The van der Waals surface area contributed by atoms with Gasteiger partial charge in [-0.15, -0.1) is 22.7 Å². The quantitative estimate of drug-likeness (QED) is 0.527. The number of nitrogens with zero attached hydrogens (tertiary/aromatic N) is 2. The summed E-state index contributed by atoms with van der Waals surface area (Å²) >= 11 is 2.25. The molecule has 0 aliphatic heterocycles. The monoisotopic (exact) mass is 451 g/mol. The highest BCUT2D eigenvalue weighted by Crippen LogP contribution is 2.27. The first-order valence-corrected chi connectivity index (χ1v) is 11.6. The molecule has 8 nitrogen and oxygen atoms in total. The van der Waals surface area contributed by atoms with E-state index in [0.717, 1.165) is 27.0 Å². The molecule has 0 atom stereocenters. The fourth-order valence-corrected chi connectivity index (χ4v) is 5.44. The Morgan fingerprint density at radius 3 is 2.55 bits per heavy atom. The third kappa shape index (κ3) is 4.81. The first kappa shape index (κ1) is 21.0. The number of esters is 1. The van der Waals surface area contributed by atoms with Crippen LogP contribution in [0.1, 0.15) is 17.3 Å². The van der Waals surface area contributed by atoms with Crippen LogP contribution in [0.5, 0.6) is 0 Å². The number of hydrogen-bond donors (Lipinski definition) is 1. The van der Waals surface area contributed by atoms with Crippen molar-refractivity contribution in [2.24, 2.45) is 0 Å². The number of carbonyl (C=O) groups is 2. The smallest absolute Gasteiger partial charge is 0.341 e. The van der Waals surface area contributed by atoms with Crippen LogP contribution in [0, 0.1) is 0 Å². The van der Waals surface area contributed by atoms with Gasteiger partial charge in [0.2, 0.25) is 5.91 Å². The Balaban J connectivity index is 1.84. The van der Waals surface area contributed by atoms with Crippen molar-refractivity contribution in [2.75, 3.05) is 22.8 Å². The SMILES string of the molecule is CCOC(=O)c1ccsc1NC(=O)CN(c1nccs1)S(=O)(=O)c1ccccc1. The number of benzene rings is 1. The maximum atomic E-state index is 13.1. The predicted molar refractivity (Wildman–Crippen MR) is 112 cm³/mol. The summed E-state index contributed by atoms with van der Waals surface area (Å²) in [6.07, 6.45) is 1.46. The van der Waals surface area contributed by atoms with E-state index in [1.54, 1.807) is 35.9 Å². The van der Waals surface area contributed by atoms with Crippen LogP contribution in [-0.4, -0.2) is 38.4 Å². The first-order chi connectivity index (χ1) is 13.9. The lowest BCUT2D eigenvalue weighted by molar-refractivity contribution is -0.114. The molecular weight excluding hydrogens is 434 g/mol. The number of amides is 1. The summed E-state index contributed by atoms with van der Waals surface area (Å²) < 4.78 is 32.0. The molecule has 2 aromatic heterocycles. The first-order valence-electron chi connectivity index (χ1n) is 8.45. The number of ether oxygens (including phenoxy) is 1. The minimum atomic E-state index is -4.00. The highest BCUT2D eigenvalue weighted by atomic mass is 32.2. The van der Waals surface area contributed by atoms with E-state index in [-0.39, 0.29) is 22.2 Å². The molecule has 3 aromatic rings. The maximum Gasteiger partial charge on any atom is 0.341 e. The molecule has 1 amide bonds. The molecule has 0 fully saturated rings. The van der Waals surface area contributed by atoms with Crippen LogP contribution in [-0.2, 0) is 19.6 Å². The van der Waals surface area contributed by atoms with E-state index in [1.165, 1.54) is 24.4 Å². The van der Waals surface area contributed by atoms with Gasteiger partial charge in [-0.05, 0) is 30.5 Å². The van der Waals surface area contributed by atoms with Gasteiger partial charge in [-0.2, -0.15) is 0 Å². The van der Waals surface area contributed by atoms with E-state index in [2.05, 4.69) is 10.3 Å². The second-order valence-electron chi connectivity index (χ2n) is 5.57. The molecule has 11 heteroatoms. The topological polar surface area (TPSA) is 106 Å². The van der Waals surface area contributed by atoms with Crippen molar-refractivity contribution in [3.8, 4) is 0 Å². The molecule has 0 bridgehead atoms. The summed E-state index contributed by atoms with van der Waals surface area (Å²) in [5.74, 6) is -1.16. The lowest BCUT2D eigenvalue weighted by Gasteiger charge is -2.21. The van der Waals surface area contributed by atoms with E-state index in [1.807, 2.05) is 0 Å². The minimum absolute atomic E-state index is 0.0475. The van der Waals surface area contributed by atoms with E-state index < -0.39 is 28.4 Å². The van der Waals surface area contributed by atoms with E-state index in [9.17, 15) is 18.0 Å². The largest absolute Gasteiger partial charge is 0.462 e. The fraction of sp³-hybridized carbons (Fsp3) is 0.167. The number of anilines is 2. The van der Waals surface area contributed by atoms with Gasteiger partial charge >= 0.3 is 5.97 Å². The van der Waals surface area contributed by atoms with Crippen molar-refractivity contribution < 1.29 is 22.7 Å². The highest BCUT2D eigenvalue weighted by Gasteiger charge is 2.29. The molecule has 0 spiro atoms. The summed E-state index contributed by atoms with van der Waals surface area (Å²) in [5.41, 5.74) is 0.219. The minimum Gasteiger partial charge on any atom is -0.462 e. The average molecular weight is 452 g/mol. The predicted octanol–water partition coefficient (Wildman–Crippen LogP) is 3.22. The van der Waals surface area contributed by atoms with E-state index in [0.29, 0.717) is 5.00 Å². The third-order valence-corrected chi connectivity index (χ3v) is 7.15. The van der Waals surface area contributed by atoms with Gasteiger partial charge in [0.1, 0.15) is 11.5 Å². The van der Waals surface area contributed by atoms with Crippen LogP contribution in [0.15, 0.2) is 58.3 Å². The number of nitrogens with one attached hydrogen (secondary N) is 1. The van der Waals surface area contributed by atoms with Crippen molar-refractivity contribution in [3.05, 3.63) is 58.9 Å². The highest BCUT2D eigenvalue weighted by molar-refractivity contribution is 7.93. The van der Waals surface area contributed by atoms with Gasteiger partial charge in [-0.1, -0.05) is 18.2 Å². The zero-order valence-corrected chi connectivity index (χ0v) is 17.7. The van der Waals surface area contributed by atoms with E-state index >= 15 is 0 Å². The summed E-state index contributed by atoms with van der Waals surface area (Å²) in [4.78, 5) is 28.7. The number of thiophene rings is 1. The molecular formula is C18H17N3O5S3. The molecule has 152 valence electrons. The standard InChI is InChI=1S/C18H17N3O5S3/c1-2-26-17(23)14-8-10-27-16(14)20-15(22)12-21(18-19-9-11-28-18)29(24,25)13-6-4-3-5-7-13/h3-11H,2,12H2,1H3,(H,20,22). The van der Waals surface area contributed by atoms with Gasteiger partial charge in [-0.3, -0.25) is 4.79 Å². The van der Waals surface area contributed by atoms with Crippen molar-refractivity contribution in [1.82, 2.24) is 4.98 Å². The van der Waals surface area contributed by atoms with Crippen molar-refractivity contribution in [3.63, 3.8) is 0 Å². The zero-order chi connectivity index (χ0) is 20.9. The second kappa shape index (κ2) is 9.16. The van der Waals surface area contributed by atoms with Crippen molar-refractivity contribution in [2.45, 2.75) is 11.8 Å². The lowest BCUT2D eigenvalue weighted by atomic mass is 10.3. The number of sulfonamides is 1. The molecule has 0 radical (unpaired) electrons. The molecule has 0 unspecified atom stereocenters. The number of rotatable bonds is 8. The Bertz CT molecular complexity index is 1080. The summed E-state index contributed by atoms with van der Waals surface area (Å²) in [6.45, 7) is 1.39. The molecule has 0 saturated heterocycles. The Kier molecular flexibility index (Phi) is 6.62. The van der Waals surface area contributed by atoms with Crippen LogP contribution in [0.3, 0.4) is 0 Å². The number of thiazole rings is 1. The molecule has 1 aromatic carbocycles. The molecule has 0 aliphatic rings. The molecule has 3 rings (SSSR count). The number of hydrogen-bond acceptors (Lipinski definition) is 8. The van der Waals surface area contributed by atoms with Crippen molar-refractivity contribution in [1.29, 1.82) is 0 Å². The van der Waals surface area contributed by atoms with Crippen LogP contribution in [0.2, 0.25) is 0 Å². The van der Waals surface area contributed by atoms with Gasteiger partial charge in [0.05, 0.1) is 17.1 Å². The Hall–Kier alpha value is -2.76. The molecule has 0 aliphatic carbocycles. The molecule has 2 heterocycles. The normalized spacial score (nSPS) is 11.1. The Labute approximate surface area is 175 Å². The van der Waals surface area contributed by atoms with Gasteiger partial charge in [0, 0.05) is 11.6 Å². The van der Waals surface area contributed by atoms with Gasteiger partial charge in [0.25, 0.3) is 10.0 Å². The van der Waals surface area contributed by atoms with E-state index in [4.69, 9.17) is 4.74 Å². The fourth-order valence-electron chi connectivity index (χ4n) is 2.39. The summed E-state index contributed by atoms with van der Waals surface area (Å²) in [5, 5.41) is 6.32. The van der Waals surface area contributed by atoms with Crippen LogP contribution < -0.4 is 9.62 Å². The van der Waals surface area contributed by atoms with Gasteiger partial charge < -0.3 is 10.1 Å². The number of carbonyl (C=O) groups excluding carboxylic acids is 2. The molecule has 0 saturated carbocycles. The van der Waals surface area contributed by atoms with Crippen LogP contribution in [0.4, 0.5) is 10.1 Å². The molecule has 1 N–H and O–H groups in total. The Morgan fingerprint density at radius 2 is 1.90 bits per heavy atom. The zero-order valence-electron chi connectivity index (χ0n) is 15.3. The molecule has 29 heavy (non-hydrogen) atoms. The summed E-state index contributed by atoms with van der Waals surface area (Å²) in [6, 6.07) is 9.34. The average Bonchev–Trinajstić information content (AvgIpc) is 3.39. The van der Waals surface area contributed by atoms with Crippen LogP contribution in [0.25, 0.3) is 0 Å². The van der Waals surface area contributed by atoms with Gasteiger partial charge in [-0.25, -0.2) is 22.5 Å². The maximum absolute atomic E-state index is 13.1. The Morgan fingerprint density at radius 1 is 1.14 bits per heavy atom. The van der Waals surface area contributed by atoms with Gasteiger partial charge in [0.15, 0.2) is 5.13 Å². The summed E-state index contributed by atoms with van der Waals surface area (Å²) in [7, 11) is -4.00.